The van der Waals surface area contributed by atoms with E-state index in [2.05, 4.69) is 15.5 Å². The minimum Gasteiger partial charge on any atom is -0.460 e. The van der Waals surface area contributed by atoms with Crippen LogP contribution in [0.3, 0.4) is 0 Å². The molecule has 18 heteroatoms. The van der Waals surface area contributed by atoms with Crippen molar-refractivity contribution < 1.29 is 28.7 Å². The highest BCUT2D eigenvalue weighted by molar-refractivity contribution is 8.04. The number of nitrogens with two attached hydrogens (primary N) is 1. The van der Waals surface area contributed by atoms with E-state index < -0.39 is 62.4 Å². The van der Waals surface area contributed by atoms with Gasteiger partial charge in [-0.05, 0) is 55.2 Å². The predicted molar refractivity (Wildman–Crippen MR) is 166 cm³/mol. The molecule has 1 saturated carbocycles. The van der Waals surface area contributed by atoms with Gasteiger partial charge in [-0.25, -0.2) is 14.3 Å². The lowest BCUT2D eigenvalue weighted by molar-refractivity contribution is -0.170. The fraction of sp³-hybridized carbons (Fsp3) is 0.577. The number of aryl methyl sites for hydroxylation is 1. The number of rotatable bonds is 11. The number of benzene rings is 1. The van der Waals surface area contributed by atoms with Crippen LogP contribution in [-0.4, -0.2) is 99.4 Å². The third kappa shape index (κ3) is 6.49. The lowest BCUT2D eigenvalue weighted by atomic mass is 9.81. The van der Waals surface area contributed by atoms with Crippen molar-refractivity contribution in [3.63, 3.8) is 0 Å². The Hall–Kier alpha value is -2.30. The standard InChI is InChI=1S/C26H30Cl3N7O6S2/c1-14(15-9-10-15)42-23(40)35(16-7-5-4-6-8-16)11-17(37)26(30)20(39)36-18(19(38)41-12-25(27,28)29)24(2,44-21(26)36)13-43-22-31-32-33-34(22)3/h4-8,14-15,18,21H,9-13,30H2,1-3H3/t14?,18?,21-,24?,26?/m0/s1. The molecule has 2 amide bonds. The number of hydrogen-bond acceptors (Lipinski definition) is 12. The van der Waals surface area contributed by atoms with Gasteiger partial charge in [-0.1, -0.05) is 64.8 Å². The van der Waals surface area contributed by atoms with E-state index in [0.29, 0.717) is 10.8 Å². The lowest BCUT2D eigenvalue weighted by Crippen LogP contribution is -2.81. The van der Waals surface area contributed by atoms with Gasteiger partial charge in [0.15, 0.2) is 11.3 Å². The zero-order valence-electron chi connectivity index (χ0n) is 23.9. The molecule has 3 heterocycles. The van der Waals surface area contributed by atoms with E-state index in [4.69, 9.17) is 50.0 Å². The molecule has 1 aromatic heterocycles. The molecule has 4 unspecified atom stereocenters. The summed E-state index contributed by atoms with van der Waals surface area (Å²) in [4.78, 5) is 56.8. The number of halogens is 3. The second-order valence-corrected chi connectivity index (χ2v) is 16.2. The summed E-state index contributed by atoms with van der Waals surface area (Å²) in [7, 11) is 1.66. The number of alkyl halides is 3. The van der Waals surface area contributed by atoms with Gasteiger partial charge < -0.3 is 20.1 Å². The first-order valence-corrected chi connectivity index (χ1v) is 16.6. The molecule has 2 N–H and O–H groups in total. The molecule has 2 aromatic rings. The summed E-state index contributed by atoms with van der Waals surface area (Å²) in [5, 5.41) is 10.9. The van der Waals surface area contributed by atoms with Crippen molar-refractivity contribution in [1.82, 2.24) is 25.1 Å². The molecule has 3 fully saturated rings. The van der Waals surface area contributed by atoms with Crippen LogP contribution in [0.5, 0.6) is 0 Å². The first-order chi connectivity index (χ1) is 20.7. The number of Topliss-reactive ketones (excluding diaryl/α,β-unsaturated/α-hetero) is 1. The van der Waals surface area contributed by atoms with Crippen LogP contribution in [0, 0.1) is 5.92 Å². The van der Waals surface area contributed by atoms with Crippen molar-refractivity contribution in [2.75, 3.05) is 23.8 Å². The van der Waals surface area contributed by atoms with Crippen molar-refractivity contribution in [2.24, 2.45) is 18.7 Å². The fourth-order valence-corrected chi connectivity index (χ4v) is 8.24. The Balaban J connectivity index is 1.39. The Labute approximate surface area is 276 Å². The largest absolute Gasteiger partial charge is 0.460 e. The number of tetrazole rings is 1. The van der Waals surface area contributed by atoms with E-state index in [1.807, 2.05) is 6.92 Å². The van der Waals surface area contributed by atoms with Crippen LogP contribution >= 0.6 is 58.3 Å². The van der Waals surface area contributed by atoms with Gasteiger partial charge in [0.2, 0.25) is 8.95 Å². The zero-order valence-corrected chi connectivity index (χ0v) is 27.8. The van der Waals surface area contributed by atoms with Gasteiger partial charge in [0.25, 0.3) is 5.91 Å². The summed E-state index contributed by atoms with van der Waals surface area (Å²) in [6.45, 7) is 2.48. The number of ether oxygens (including phenoxy) is 2. The number of hydrogen-bond donors (Lipinski definition) is 1. The second kappa shape index (κ2) is 12.5. The minimum absolute atomic E-state index is 0.228. The fourth-order valence-electron chi connectivity index (χ4n) is 5.14. The van der Waals surface area contributed by atoms with Gasteiger partial charge >= 0.3 is 12.1 Å². The van der Waals surface area contributed by atoms with Crippen molar-refractivity contribution in [3.8, 4) is 0 Å². The van der Waals surface area contributed by atoms with Gasteiger partial charge in [-0.15, -0.1) is 16.9 Å². The molecular weight excluding hydrogens is 677 g/mol. The van der Waals surface area contributed by atoms with E-state index in [1.54, 1.807) is 44.3 Å². The van der Waals surface area contributed by atoms with Crippen LogP contribution < -0.4 is 10.6 Å². The van der Waals surface area contributed by atoms with Crippen LogP contribution in [0.15, 0.2) is 35.5 Å². The van der Waals surface area contributed by atoms with E-state index in [1.165, 1.54) is 38.0 Å². The van der Waals surface area contributed by atoms with Crippen molar-refractivity contribution in [3.05, 3.63) is 30.3 Å². The van der Waals surface area contributed by atoms with Crippen molar-refractivity contribution >= 4 is 87.8 Å². The number of nitrogens with zero attached hydrogens (tertiary/aromatic N) is 6. The van der Waals surface area contributed by atoms with E-state index in [9.17, 15) is 19.2 Å². The first-order valence-electron chi connectivity index (χ1n) is 13.6. The maximum absolute atomic E-state index is 13.9. The molecule has 2 aliphatic heterocycles. The molecule has 3 aliphatic rings. The molecule has 1 aliphatic carbocycles. The summed E-state index contributed by atoms with van der Waals surface area (Å²) in [6.07, 6.45) is 0.873. The van der Waals surface area contributed by atoms with Crippen molar-refractivity contribution in [1.29, 1.82) is 0 Å². The summed E-state index contributed by atoms with van der Waals surface area (Å²) in [5.41, 5.74) is 4.97. The van der Waals surface area contributed by atoms with Crippen LogP contribution in [0.1, 0.15) is 26.7 Å². The SMILES string of the molecule is CC(OC(=O)N(CC(=O)C1(N)C(=O)N2C(C(=O)OCC(Cl)(Cl)Cl)C(C)(CSc3nnnn3C)S[C@H]21)c1ccccc1)C1CC1. The van der Waals surface area contributed by atoms with E-state index in [0.717, 1.165) is 12.8 Å². The number of aromatic nitrogens is 4. The molecule has 0 radical (unpaired) electrons. The molecule has 13 nitrogen and oxygen atoms in total. The highest BCUT2D eigenvalue weighted by Gasteiger charge is 2.74. The summed E-state index contributed by atoms with van der Waals surface area (Å²) < 4.78 is 9.51. The third-order valence-corrected chi connectivity index (χ3v) is 11.3. The van der Waals surface area contributed by atoms with Gasteiger partial charge in [0.05, 0.1) is 11.3 Å². The van der Waals surface area contributed by atoms with Gasteiger partial charge in [-0.2, -0.15) is 0 Å². The van der Waals surface area contributed by atoms with Crippen LogP contribution in [0.2, 0.25) is 0 Å². The predicted octanol–water partition coefficient (Wildman–Crippen LogP) is 2.97. The Morgan fingerprint density at radius 3 is 2.52 bits per heavy atom. The molecular formula is C26H30Cl3N7O6S2. The number of amides is 2. The van der Waals surface area contributed by atoms with Crippen LogP contribution in [-0.2, 0) is 30.9 Å². The molecule has 2 saturated heterocycles. The van der Waals surface area contributed by atoms with Crippen molar-refractivity contribution in [2.45, 2.75) is 63.4 Å². The quantitative estimate of drug-likeness (QED) is 0.120. The number of para-hydroxylation sites is 1. The van der Waals surface area contributed by atoms with Gasteiger partial charge in [-0.3, -0.25) is 14.5 Å². The van der Waals surface area contributed by atoms with E-state index in [-0.39, 0.29) is 17.8 Å². The van der Waals surface area contributed by atoms with Gasteiger partial charge in [0.1, 0.15) is 24.1 Å². The Bertz CT molecular complexity index is 1440. The maximum atomic E-state index is 13.9. The number of esters is 1. The summed E-state index contributed by atoms with van der Waals surface area (Å²) in [6, 6.07) is 7.34. The Morgan fingerprint density at radius 2 is 1.93 bits per heavy atom. The normalized spacial score (nSPS) is 26.9. The number of β-lactam (4-membered cyclic amide) rings is 1. The van der Waals surface area contributed by atoms with E-state index >= 15 is 0 Å². The molecule has 5 atom stereocenters. The maximum Gasteiger partial charge on any atom is 0.414 e. The van der Waals surface area contributed by atoms with Crippen LogP contribution in [0.4, 0.5) is 10.5 Å². The molecule has 5 rings (SSSR count). The average molecular weight is 707 g/mol. The summed E-state index contributed by atoms with van der Waals surface area (Å²) in [5.74, 6) is -1.81. The topological polar surface area (TPSA) is 163 Å². The molecule has 238 valence electrons. The number of ketones is 1. The smallest absolute Gasteiger partial charge is 0.414 e. The highest BCUT2D eigenvalue weighted by atomic mass is 35.6. The van der Waals surface area contributed by atoms with Crippen LogP contribution in [0.25, 0.3) is 0 Å². The number of carbonyl (C=O) groups is 4. The lowest BCUT2D eigenvalue weighted by Gasteiger charge is -2.50. The number of fused-ring (bicyclic) bond motifs is 1. The Morgan fingerprint density at radius 1 is 1.25 bits per heavy atom. The third-order valence-electron chi connectivity index (χ3n) is 7.76. The average Bonchev–Trinajstić information content (AvgIpc) is 3.69. The molecule has 1 aromatic carbocycles. The minimum atomic E-state index is -2.04. The molecule has 0 spiro atoms. The second-order valence-electron chi connectivity index (χ2n) is 11.1. The van der Waals surface area contributed by atoms with Gasteiger partial charge in [0, 0.05) is 18.5 Å². The zero-order chi connectivity index (χ0) is 32.0. The number of thioether (sulfide) groups is 2. The monoisotopic (exact) mass is 705 g/mol. The highest BCUT2D eigenvalue weighted by Crippen LogP contribution is 2.56. The molecule has 44 heavy (non-hydrogen) atoms. The number of carbonyl (C=O) groups excluding carboxylic acids is 4. The number of anilines is 1. The Kier molecular flexibility index (Phi) is 9.38. The first kappa shape index (κ1) is 33.1. The molecule has 0 bridgehead atoms. The summed E-state index contributed by atoms with van der Waals surface area (Å²) >= 11 is 19.8.